The quantitative estimate of drug-likeness (QED) is 0.505. The number of hydrogen-bond donors (Lipinski definition) is 0. The van der Waals surface area contributed by atoms with Gasteiger partial charge in [0.15, 0.2) is 0 Å². The Morgan fingerprint density at radius 1 is 1.56 bits per heavy atom. The fraction of sp³-hybridized carbons (Fsp3) is 0.600. The van der Waals surface area contributed by atoms with Gasteiger partial charge in [-0.1, -0.05) is 6.08 Å². The van der Waals surface area contributed by atoms with Crippen molar-refractivity contribution in [1.29, 1.82) is 0 Å². The van der Waals surface area contributed by atoms with Crippen LogP contribution in [0.2, 0.25) is 0 Å². The zero-order chi connectivity index (χ0) is 7.33. The molecule has 0 saturated carbocycles. The van der Waals surface area contributed by atoms with Crippen LogP contribution in [0, 0.1) is 0 Å². The summed E-state index contributed by atoms with van der Waals surface area (Å²) in [6, 6.07) is 0. The summed E-state index contributed by atoms with van der Waals surface area (Å²) in [5, 5.41) is 0. The Bertz CT molecular complexity index is 97.6. The Morgan fingerprint density at radius 3 is 2.44 bits per heavy atom. The van der Waals surface area contributed by atoms with Crippen molar-refractivity contribution in [3.8, 4) is 0 Å². The Hall–Kier alpha value is 0.370. The highest BCUT2D eigenvalue weighted by molar-refractivity contribution is 9.10. The van der Waals surface area contributed by atoms with Gasteiger partial charge in [-0.3, -0.25) is 0 Å². The van der Waals surface area contributed by atoms with Crippen LogP contribution < -0.4 is 0 Å². The zero-order valence-electron chi connectivity index (χ0n) is 4.58. The maximum absolute atomic E-state index is 11.8. The molecular weight excluding hydrogens is 213 g/mol. The van der Waals surface area contributed by atoms with Crippen LogP contribution in [-0.2, 0) is 0 Å². The summed E-state index contributed by atoms with van der Waals surface area (Å²) >= 11 is 7.36. The van der Waals surface area contributed by atoms with Gasteiger partial charge in [-0.2, -0.15) is 8.78 Å². The summed E-state index contributed by atoms with van der Waals surface area (Å²) in [4.78, 5) is -2.88. The molecule has 4 heteroatoms. The highest BCUT2D eigenvalue weighted by Crippen LogP contribution is 2.22. The Kier molecular flexibility index (Phi) is 4.40. The largest absolute Gasteiger partial charge is 0.319 e. The molecule has 0 aliphatic heterocycles. The number of rotatable bonds is 3. The molecule has 54 valence electrons. The number of hydrogen-bond acceptors (Lipinski definition) is 0. The first-order valence-electron chi connectivity index (χ1n) is 2.36. The smallest absolute Gasteiger partial charge is 0.189 e. The van der Waals surface area contributed by atoms with E-state index in [-0.39, 0.29) is 0 Å². The molecular formula is C5H6BrClF2. The second kappa shape index (κ2) is 4.23. The number of allylic oxidation sites excluding steroid dienone is 2. The molecule has 9 heavy (non-hydrogen) atoms. The SMILES string of the molecule is FC(F)(Br)/C=C/CCCl. The van der Waals surface area contributed by atoms with E-state index in [1.54, 1.807) is 0 Å². The molecule has 0 aromatic heterocycles. The van der Waals surface area contributed by atoms with E-state index in [1.165, 1.54) is 6.08 Å². The minimum absolute atomic E-state index is 0.375. The lowest BCUT2D eigenvalue weighted by Crippen LogP contribution is -1.96. The highest BCUT2D eigenvalue weighted by Gasteiger charge is 2.17. The van der Waals surface area contributed by atoms with E-state index in [0.29, 0.717) is 12.3 Å². The van der Waals surface area contributed by atoms with Crippen LogP contribution >= 0.6 is 27.5 Å². The number of halogens is 4. The predicted octanol–water partition coefficient (Wildman–Crippen LogP) is 3.16. The Balaban J connectivity index is 3.45. The first-order chi connectivity index (χ1) is 4.06. The molecule has 0 nitrogen and oxygen atoms in total. The summed E-state index contributed by atoms with van der Waals surface area (Å²) in [5.74, 6) is 0.375. The van der Waals surface area contributed by atoms with Crippen LogP contribution in [0.15, 0.2) is 12.2 Å². The van der Waals surface area contributed by atoms with Crippen molar-refractivity contribution in [3.05, 3.63) is 12.2 Å². The standard InChI is InChI=1S/C5H6BrClF2/c6-5(8,9)3-1-2-4-7/h1,3H,2,4H2/b3-1+. The molecule has 0 aromatic carbocycles. The fourth-order valence-corrected chi connectivity index (χ4v) is 0.593. The molecule has 0 radical (unpaired) electrons. The lowest BCUT2D eigenvalue weighted by atomic mass is 10.4. The second-order valence-electron chi connectivity index (χ2n) is 1.42. The van der Waals surface area contributed by atoms with Crippen molar-refractivity contribution in [2.24, 2.45) is 0 Å². The van der Waals surface area contributed by atoms with Crippen molar-refractivity contribution in [2.75, 3.05) is 5.88 Å². The Labute approximate surface area is 66.0 Å². The predicted molar refractivity (Wildman–Crippen MR) is 38.4 cm³/mol. The summed E-state index contributed by atoms with van der Waals surface area (Å²) < 4.78 is 23.7. The first kappa shape index (κ1) is 9.37. The summed E-state index contributed by atoms with van der Waals surface area (Å²) in [6.07, 6.45) is 2.58. The topological polar surface area (TPSA) is 0 Å². The third kappa shape index (κ3) is 8.37. The molecule has 0 aromatic rings. The minimum Gasteiger partial charge on any atom is -0.189 e. The van der Waals surface area contributed by atoms with Gasteiger partial charge < -0.3 is 0 Å². The molecule has 0 amide bonds. The van der Waals surface area contributed by atoms with Crippen molar-refractivity contribution in [3.63, 3.8) is 0 Å². The van der Waals surface area contributed by atoms with E-state index in [4.69, 9.17) is 11.6 Å². The summed E-state index contributed by atoms with van der Waals surface area (Å²) in [5.41, 5.74) is 0. The Morgan fingerprint density at radius 2 is 2.11 bits per heavy atom. The van der Waals surface area contributed by atoms with Crippen LogP contribution in [0.4, 0.5) is 8.78 Å². The van der Waals surface area contributed by atoms with E-state index in [1.807, 2.05) is 0 Å². The minimum atomic E-state index is -2.88. The molecule has 0 saturated heterocycles. The first-order valence-corrected chi connectivity index (χ1v) is 3.69. The average Bonchev–Trinajstić information content (AvgIpc) is 1.63. The van der Waals surface area contributed by atoms with E-state index >= 15 is 0 Å². The lowest BCUT2D eigenvalue weighted by Gasteiger charge is -1.97. The molecule has 0 aliphatic rings. The van der Waals surface area contributed by atoms with Gasteiger partial charge in [0.25, 0.3) is 0 Å². The van der Waals surface area contributed by atoms with E-state index in [2.05, 4.69) is 15.9 Å². The molecule has 0 heterocycles. The van der Waals surface area contributed by atoms with Gasteiger partial charge in [-0.15, -0.1) is 11.6 Å². The molecule has 0 aliphatic carbocycles. The molecule has 0 spiro atoms. The zero-order valence-corrected chi connectivity index (χ0v) is 6.92. The summed E-state index contributed by atoms with van der Waals surface area (Å²) in [6.45, 7) is 0. The van der Waals surface area contributed by atoms with E-state index < -0.39 is 4.83 Å². The molecule has 0 N–H and O–H groups in total. The molecule has 0 fully saturated rings. The third-order valence-corrected chi connectivity index (χ3v) is 1.07. The monoisotopic (exact) mass is 218 g/mol. The average molecular weight is 219 g/mol. The van der Waals surface area contributed by atoms with Crippen LogP contribution in [0.3, 0.4) is 0 Å². The maximum Gasteiger partial charge on any atom is 0.319 e. The van der Waals surface area contributed by atoms with E-state index in [9.17, 15) is 8.78 Å². The van der Waals surface area contributed by atoms with Gasteiger partial charge in [0.1, 0.15) is 0 Å². The fourth-order valence-electron chi connectivity index (χ4n) is 0.280. The number of alkyl halides is 4. The van der Waals surface area contributed by atoms with Crippen molar-refractivity contribution in [2.45, 2.75) is 11.3 Å². The van der Waals surface area contributed by atoms with Gasteiger partial charge in [0, 0.05) is 5.88 Å². The van der Waals surface area contributed by atoms with Gasteiger partial charge >= 0.3 is 4.83 Å². The molecule has 0 rings (SSSR count). The van der Waals surface area contributed by atoms with Crippen LogP contribution in [0.5, 0.6) is 0 Å². The van der Waals surface area contributed by atoms with Gasteiger partial charge in [-0.25, -0.2) is 0 Å². The maximum atomic E-state index is 11.8. The van der Waals surface area contributed by atoms with Gasteiger partial charge in [0.05, 0.1) is 0 Å². The normalized spacial score (nSPS) is 12.9. The third-order valence-electron chi connectivity index (χ3n) is 0.583. The van der Waals surface area contributed by atoms with Gasteiger partial charge in [0.2, 0.25) is 0 Å². The van der Waals surface area contributed by atoms with Crippen molar-refractivity contribution in [1.82, 2.24) is 0 Å². The van der Waals surface area contributed by atoms with Gasteiger partial charge in [-0.05, 0) is 28.4 Å². The van der Waals surface area contributed by atoms with Crippen molar-refractivity contribution < 1.29 is 8.78 Å². The highest BCUT2D eigenvalue weighted by atomic mass is 79.9. The lowest BCUT2D eigenvalue weighted by molar-refractivity contribution is 0.171. The second-order valence-corrected chi connectivity index (χ2v) is 2.86. The van der Waals surface area contributed by atoms with Crippen LogP contribution in [0.25, 0.3) is 0 Å². The molecule has 0 bridgehead atoms. The summed E-state index contributed by atoms with van der Waals surface area (Å²) in [7, 11) is 0. The van der Waals surface area contributed by atoms with Crippen LogP contribution in [0.1, 0.15) is 6.42 Å². The van der Waals surface area contributed by atoms with E-state index in [0.717, 1.165) is 6.08 Å². The van der Waals surface area contributed by atoms with Crippen molar-refractivity contribution >= 4 is 27.5 Å². The molecule has 0 atom stereocenters. The van der Waals surface area contributed by atoms with Crippen LogP contribution in [-0.4, -0.2) is 10.7 Å². The molecule has 0 unspecified atom stereocenters.